The highest BCUT2D eigenvalue weighted by atomic mass is 16.2. The number of carbonyl (C=O) groups excluding carboxylic acids is 1. The van der Waals surface area contributed by atoms with E-state index in [1.165, 1.54) is 24.8 Å². The molecule has 1 atom stereocenters. The van der Waals surface area contributed by atoms with Gasteiger partial charge in [-0.3, -0.25) is 0 Å². The van der Waals surface area contributed by atoms with E-state index in [2.05, 4.69) is 11.4 Å². The summed E-state index contributed by atoms with van der Waals surface area (Å²) in [6, 6.07) is 6.26. The lowest BCUT2D eigenvalue weighted by molar-refractivity contribution is 0.218. The van der Waals surface area contributed by atoms with E-state index in [0.717, 1.165) is 23.6 Å². The van der Waals surface area contributed by atoms with Gasteiger partial charge in [-0.05, 0) is 29.5 Å². The molecule has 1 saturated carbocycles. The van der Waals surface area contributed by atoms with Crippen molar-refractivity contribution in [3.05, 3.63) is 29.3 Å². The number of nitrogens with one attached hydrogen (secondary N) is 1. The zero-order chi connectivity index (χ0) is 13.4. The van der Waals surface area contributed by atoms with Crippen LogP contribution in [0.1, 0.15) is 42.9 Å². The van der Waals surface area contributed by atoms with E-state index in [4.69, 9.17) is 5.73 Å². The average Bonchev–Trinajstić information content (AvgIpc) is 2.34. The van der Waals surface area contributed by atoms with Gasteiger partial charge in [-0.1, -0.05) is 31.4 Å². The summed E-state index contributed by atoms with van der Waals surface area (Å²) in [5.74, 6) is 0.813. The van der Waals surface area contributed by atoms with Crippen LogP contribution in [0.15, 0.2) is 18.2 Å². The van der Waals surface area contributed by atoms with Crippen molar-refractivity contribution in [3.8, 4) is 0 Å². The van der Waals surface area contributed by atoms with Crippen LogP contribution in [0.2, 0.25) is 0 Å². The van der Waals surface area contributed by atoms with E-state index < -0.39 is 0 Å². The maximum absolute atomic E-state index is 11.6. The predicted octanol–water partition coefficient (Wildman–Crippen LogP) is 2.85. The van der Waals surface area contributed by atoms with Crippen molar-refractivity contribution in [2.75, 3.05) is 12.4 Å². The third kappa shape index (κ3) is 2.45. The van der Waals surface area contributed by atoms with E-state index in [0.29, 0.717) is 6.54 Å². The van der Waals surface area contributed by atoms with Gasteiger partial charge < -0.3 is 16.0 Å². The highest BCUT2D eigenvalue weighted by Gasteiger charge is 2.23. The SMILES string of the molecule is CN1Cc2cc(C(N)CC3CCC3)ccc2NC1=O. The van der Waals surface area contributed by atoms with Crippen LogP contribution in [-0.4, -0.2) is 18.0 Å². The molecule has 0 aromatic heterocycles. The number of nitrogens with two attached hydrogens (primary N) is 1. The Morgan fingerprint density at radius 3 is 2.95 bits per heavy atom. The molecule has 1 aliphatic heterocycles. The lowest BCUT2D eigenvalue weighted by Gasteiger charge is -2.30. The van der Waals surface area contributed by atoms with Crippen LogP contribution < -0.4 is 11.1 Å². The van der Waals surface area contributed by atoms with Crippen LogP contribution >= 0.6 is 0 Å². The van der Waals surface area contributed by atoms with Gasteiger partial charge in [0.2, 0.25) is 0 Å². The maximum atomic E-state index is 11.6. The van der Waals surface area contributed by atoms with Crippen LogP contribution in [0.3, 0.4) is 0 Å². The number of amides is 2. The van der Waals surface area contributed by atoms with Crippen molar-refractivity contribution in [3.63, 3.8) is 0 Å². The first-order chi connectivity index (χ1) is 9.13. The van der Waals surface area contributed by atoms with Crippen LogP contribution in [0.4, 0.5) is 10.5 Å². The summed E-state index contributed by atoms with van der Waals surface area (Å²) in [5.41, 5.74) is 9.56. The minimum absolute atomic E-state index is 0.0426. The topological polar surface area (TPSA) is 58.4 Å². The number of hydrogen-bond donors (Lipinski definition) is 2. The molecule has 19 heavy (non-hydrogen) atoms. The molecule has 0 spiro atoms. The maximum Gasteiger partial charge on any atom is 0.321 e. The fourth-order valence-corrected chi connectivity index (χ4v) is 2.86. The zero-order valence-electron chi connectivity index (χ0n) is 11.4. The monoisotopic (exact) mass is 259 g/mol. The van der Waals surface area contributed by atoms with Gasteiger partial charge >= 0.3 is 6.03 Å². The van der Waals surface area contributed by atoms with Crippen molar-refractivity contribution in [1.82, 2.24) is 4.90 Å². The quantitative estimate of drug-likeness (QED) is 0.877. The van der Waals surface area contributed by atoms with Gasteiger partial charge in [0.15, 0.2) is 0 Å². The summed E-state index contributed by atoms with van der Waals surface area (Å²) in [6.07, 6.45) is 5.11. The van der Waals surface area contributed by atoms with E-state index in [-0.39, 0.29) is 12.1 Å². The van der Waals surface area contributed by atoms with E-state index in [9.17, 15) is 4.79 Å². The average molecular weight is 259 g/mol. The number of carbonyl (C=O) groups is 1. The van der Waals surface area contributed by atoms with Crippen molar-refractivity contribution in [2.45, 2.75) is 38.3 Å². The van der Waals surface area contributed by atoms with Gasteiger partial charge in [-0.25, -0.2) is 4.79 Å². The first kappa shape index (κ1) is 12.5. The lowest BCUT2D eigenvalue weighted by Crippen LogP contribution is -2.35. The van der Waals surface area contributed by atoms with Crippen molar-refractivity contribution in [2.24, 2.45) is 11.7 Å². The Bertz CT molecular complexity index is 496. The molecule has 0 radical (unpaired) electrons. The molecule has 3 rings (SSSR count). The molecule has 102 valence electrons. The number of rotatable bonds is 3. The summed E-state index contributed by atoms with van der Waals surface area (Å²) >= 11 is 0. The van der Waals surface area contributed by atoms with Crippen LogP contribution in [0.25, 0.3) is 0 Å². The normalized spacial score (nSPS) is 20.5. The minimum atomic E-state index is -0.0426. The standard InChI is InChI=1S/C15H21N3O/c1-18-9-12-8-11(5-6-14(12)17-15(18)19)13(16)7-10-3-2-4-10/h5-6,8,10,13H,2-4,7,9,16H2,1H3,(H,17,19). The Hall–Kier alpha value is -1.55. The zero-order valence-corrected chi connectivity index (χ0v) is 11.4. The van der Waals surface area contributed by atoms with Gasteiger partial charge in [-0.15, -0.1) is 0 Å². The number of benzene rings is 1. The molecule has 1 fully saturated rings. The highest BCUT2D eigenvalue weighted by Crippen LogP contribution is 2.35. The van der Waals surface area contributed by atoms with E-state index >= 15 is 0 Å². The summed E-state index contributed by atoms with van der Waals surface area (Å²) in [5, 5.41) is 2.89. The number of fused-ring (bicyclic) bond motifs is 1. The molecule has 4 nitrogen and oxygen atoms in total. The van der Waals surface area contributed by atoms with Gasteiger partial charge in [0, 0.05) is 25.3 Å². The molecule has 1 heterocycles. The molecular formula is C15H21N3O. The number of nitrogens with zero attached hydrogens (tertiary/aromatic N) is 1. The molecule has 0 bridgehead atoms. The van der Waals surface area contributed by atoms with Gasteiger partial charge in [0.25, 0.3) is 0 Å². The molecule has 1 unspecified atom stereocenters. The molecule has 1 aliphatic carbocycles. The predicted molar refractivity (Wildman–Crippen MR) is 75.8 cm³/mol. The second kappa shape index (κ2) is 4.85. The number of anilines is 1. The highest BCUT2D eigenvalue weighted by molar-refractivity contribution is 5.92. The summed E-state index contributed by atoms with van der Waals surface area (Å²) in [7, 11) is 1.80. The van der Waals surface area contributed by atoms with Crippen LogP contribution in [0.5, 0.6) is 0 Å². The Labute approximate surface area is 114 Å². The second-order valence-corrected chi connectivity index (χ2v) is 5.84. The third-order valence-electron chi connectivity index (χ3n) is 4.37. The number of urea groups is 1. The molecule has 0 saturated heterocycles. The van der Waals surface area contributed by atoms with Gasteiger partial charge in [0.1, 0.15) is 0 Å². The molecule has 2 aliphatic rings. The van der Waals surface area contributed by atoms with Crippen LogP contribution in [-0.2, 0) is 6.54 Å². The summed E-state index contributed by atoms with van der Waals surface area (Å²) in [4.78, 5) is 13.2. The summed E-state index contributed by atoms with van der Waals surface area (Å²) in [6.45, 7) is 0.658. The molecule has 1 aromatic carbocycles. The van der Waals surface area contributed by atoms with Crippen molar-refractivity contribution in [1.29, 1.82) is 0 Å². The minimum Gasteiger partial charge on any atom is -0.324 e. The smallest absolute Gasteiger partial charge is 0.321 e. The Morgan fingerprint density at radius 2 is 2.26 bits per heavy atom. The first-order valence-electron chi connectivity index (χ1n) is 7.04. The Morgan fingerprint density at radius 1 is 1.47 bits per heavy atom. The molecule has 3 N–H and O–H groups in total. The number of hydrogen-bond acceptors (Lipinski definition) is 2. The second-order valence-electron chi connectivity index (χ2n) is 5.84. The fraction of sp³-hybridized carbons (Fsp3) is 0.533. The first-order valence-corrected chi connectivity index (χ1v) is 7.04. The molecule has 4 heteroatoms. The van der Waals surface area contributed by atoms with Crippen LogP contribution in [0, 0.1) is 5.92 Å². The molecule has 1 aromatic rings. The third-order valence-corrected chi connectivity index (χ3v) is 4.37. The van der Waals surface area contributed by atoms with Gasteiger partial charge in [0.05, 0.1) is 0 Å². The summed E-state index contributed by atoms with van der Waals surface area (Å²) < 4.78 is 0. The van der Waals surface area contributed by atoms with Crippen molar-refractivity contribution >= 4 is 11.7 Å². The Kier molecular flexibility index (Phi) is 3.19. The molecule has 2 amide bonds. The van der Waals surface area contributed by atoms with E-state index in [1.54, 1.807) is 11.9 Å². The fourth-order valence-electron chi connectivity index (χ4n) is 2.86. The largest absolute Gasteiger partial charge is 0.324 e. The van der Waals surface area contributed by atoms with Gasteiger partial charge in [-0.2, -0.15) is 0 Å². The lowest BCUT2D eigenvalue weighted by atomic mass is 9.79. The molecular weight excluding hydrogens is 238 g/mol. The van der Waals surface area contributed by atoms with Crippen molar-refractivity contribution < 1.29 is 4.79 Å². The Balaban J connectivity index is 1.76. The van der Waals surface area contributed by atoms with E-state index in [1.807, 2.05) is 12.1 Å².